The summed E-state index contributed by atoms with van der Waals surface area (Å²) in [5.41, 5.74) is 2.87. The van der Waals surface area contributed by atoms with Gasteiger partial charge in [-0.25, -0.2) is 9.78 Å². The van der Waals surface area contributed by atoms with E-state index in [1.165, 1.54) is 24.2 Å². The number of rotatable bonds is 6. The fourth-order valence-electron chi connectivity index (χ4n) is 5.05. The first-order chi connectivity index (χ1) is 21.6. The zero-order valence-electron chi connectivity index (χ0n) is 23.9. The van der Waals surface area contributed by atoms with Gasteiger partial charge >= 0.3 is 12.3 Å². The van der Waals surface area contributed by atoms with Crippen LogP contribution in [-0.2, 0) is 9.53 Å². The third-order valence-corrected chi connectivity index (χ3v) is 7.34. The molecule has 3 heterocycles. The van der Waals surface area contributed by atoms with Crippen LogP contribution in [0.3, 0.4) is 0 Å². The molecule has 16 heteroatoms. The molecule has 2 bridgehead atoms. The number of nitrogens with one attached hydrogen (secondary N) is 4. The van der Waals surface area contributed by atoms with E-state index in [0.717, 1.165) is 0 Å². The van der Waals surface area contributed by atoms with Crippen molar-refractivity contribution >= 4 is 41.1 Å². The fourth-order valence-corrected chi connectivity index (χ4v) is 5.23. The average molecular weight is 644 g/mol. The monoisotopic (exact) mass is 643 g/mol. The molecule has 2 amide bonds. The fraction of sp³-hybridized carbons (Fsp3) is 0.310. The summed E-state index contributed by atoms with van der Waals surface area (Å²) < 4.78 is 46.7. The number of nitrogens with zero attached hydrogens (tertiary/aromatic N) is 5. The molecule has 2 aromatic carbocycles. The highest BCUT2D eigenvalue weighted by atomic mass is 35.5. The Morgan fingerprint density at radius 3 is 2.76 bits per heavy atom. The molecule has 4 N–H and O–H groups in total. The lowest BCUT2D eigenvalue weighted by atomic mass is 10.0. The summed E-state index contributed by atoms with van der Waals surface area (Å²) >= 11 is 6.18. The molecule has 0 aliphatic carbocycles. The van der Waals surface area contributed by atoms with Gasteiger partial charge in [-0.15, -0.1) is 5.10 Å². The maximum Gasteiger partial charge on any atom is 0.411 e. The molecule has 2 atom stereocenters. The first-order valence-electron chi connectivity index (χ1n) is 14.0. The van der Waals surface area contributed by atoms with Gasteiger partial charge in [-0.1, -0.05) is 24.4 Å². The topological polar surface area (TPSA) is 152 Å². The number of halogens is 4. The molecule has 1 unspecified atom stereocenters. The van der Waals surface area contributed by atoms with Crippen LogP contribution in [-0.4, -0.2) is 61.5 Å². The number of alkyl halides is 3. The maximum atomic E-state index is 13.5. The summed E-state index contributed by atoms with van der Waals surface area (Å²) in [6, 6.07) is 8.38. The van der Waals surface area contributed by atoms with Crippen LogP contribution in [0.5, 0.6) is 0 Å². The van der Waals surface area contributed by atoms with E-state index in [2.05, 4.69) is 41.2 Å². The van der Waals surface area contributed by atoms with Crippen LogP contribution in [0.1, 0.15) is 49.5 Å². The van der Waals surface area contributed by atoms with E-state index < -0.39 is 36.7 Å². The summed E-state index contributed by atoms with van der Waals surface area (Å²) in [7, 11) is 1.21. The van der Waals surface area contributed by atoms with Crippen molar-refractivity contribution in [2.75, 3.05) is 17.7 Å². The van der Waals surface area contributed by atoms with Crippen molar-refractivity contribution in [3.8, 4) is 16.9 Å². The molecule has 0 saturated carbocycles. The van der Waals surface area contributed by atoms with Crippen molar-refractivity contribution in [3.05, 3.63) is 71.4 Å². The molecule has 4 aromatic rings. The first-order valence-corrected chi connectivity index (χ1v) is 14.4. The van der Waals surface area contributed by atoms with E-state index in [4.69, 9.17) is 16.6 Å². The van der Waals surface area contributed by atoms with Crippen LogP contribution >= 0.6 is 11.6 Å². The Morgan fingerprint density at radius 2 is 2.00 bits per heavy atom. The highest BCUT2D eigenvalue weighted by Crippen LogP contribution is 2.35. The van der Waals surface area contributed by atoms with Gasteiger partial charge in [-0.05, 0) is 65.7 Å². The number of fused-ring (bicyclic) bond motifs is 4. The van der Waals surface area contributed by atoms with Crippen molar-refractivity contribution in [1.29, 1.82) is 0 Å². The van der Waals surface area contributed by atoms with Gasteiger partial charge in [0.2, 0.25) is 5.91 Å². The highest BCUT2D eigenvalue weighted by molar-refractivity contribution is 6.30. The van der Waals surface area contributed by atoms with Crippen LogP contribution in [0.25, 0.3) is 23.0 Å². The van der Waals surface area contributed by atoms with Crippen molar-refractivity contribution in [1.82, 2.24) is 35.5 Å². The average Bonchev–Trinajstić information content (AvgIpc) is 3.70. The third kappa shape index (κ3) is 8.38. The minimum absolute atomic E-state index is 0.224. The lowest BCUT2D eigenvalue weighted by Crippen LogP contribution is -2.29. The molecule has 45 heavy (non-hydrogen) atoms. The van der Waals surface area contributed by atoms with Gasteiger partial charge in [-0.2, -0.15) is 17.9 Å². The lowest BCUT2D eigenvalue weighted by Gasteiger charge is -2.24. The third-order valence-electron chi connectivity index (χ3n) is 7.10. The quantitative estimate of drug-likeness (QED) is 0.185. The Kier molecular flexibility index (Phi) is 9.66. The number of hydrogen-bond donors (Lipinski definition) is 4. The molecule has 1 aliphatic heterocycles. The van der Waals surface area contributed by atoms with Crippen LogP contribution < -0.4 is 16.0 Å². The number of benzene rings is 2. The molecule has 2 aromatic heterocycles. The zero-order chi connectivity index (χ0) is 32.0. The summed E-state index contributed by atoms with van der Waals surface area (Å²) in [5, 5.41) is 20.2. The number of methoxy groups -OCH3 is 1. The number of H-pyrrole nitrogens is 1. The number of aromatic nitrogens is 6. The molecule has 5 rings (SSSR count). The first kappa shape index (κ1) is 31.5. The highest BCUT2D eigenvalue weighted by Gasteiger charge is 2.32. The second-order valence-electron chi connectivity index (χ2n) is 10.3. The van der Waals surface area contributed by atoms with Crippen LogP contribution in [0.4, 0.5) is 29.3 Å². The van der Waals surface area contributed by atoms with E-state index in [1.54, 1.807) is 48.7 Å². The van der Waals surface area contributed by atoms with E-state index in [-0.39, 0.29) is 6.42 Å². The van der Waals surface area contributed by atoms with Gasteiger partial charge in [0.05, 0.1) is 31.0 Å². The molecular formula is C29H29ClF3N9O3. The molecule has 1 aliphatic rings. The molecule has 236 valence electrons. The summed E-state index contributed by atoms with van der Waals surface area (Å²) in [6.45, 7) is 0. The molecule has 0 saturated heterocycles. The number of aromatic amines is 1. The van der Waals surface area contributed by atoms with E-state index in [9.17, 15) is 22.8 Å². The maximum absolute atomic E-state index is 13.5. The SMILES string of the molecule is COC(=O)Nc1ccc2c(c1)NC(CC(F)(F)F)CCCC[C@H](NC(=O)/C=C/c1cc(Cl)ccc1-n1cnnn1)c1nc-2c[nH]1. The van der Waals surface area contributed by atoms with Crippen LogP contribution in [0.15, 0.2) is 55.0 Å². The van der Waals surface area contributed by atoms with Crippen molar-refractivity contribution in [2.45, 2.75) is 50.4 Å². The Balaban J connectivity index is 1.41. The Morgan fingerprint density at radius 1 is 1.18 bits per heavy atom. The number of amides is 2. The van der Waals surface area contributed by atoms with Crippen molar-refractivity contribution in [3.63, 3.8) is 0 Å². The molecular weight excluding hydrogens is 615 g/mol. The molecule has 12 nitrogen and oxygen atoms in total. The Bertz CT molecular complexity index is 1670. The summed E-state index contributed by atoms with van der Waals surface area (Å²) in [5.74, 6) is 0.0715. The largest absolute Gasteiger partial charge is 0.453 e. The van der Waals surface area contributed by atoms with E-state index >= 15 is 0 Å². The predicted octanol–water partition coefficient (Wildman–Crippen LogP) is 6.06. The second kappa shape index (κ2) is 13.8. The van der Waals surface area contributed by atoms with Gasteiger partial charge < -0.3 is 20.4 Å². The van der Waals surface area contributed by atoms with Crippen molar-refractivity contribution in [2.24, 2.45) is 0 Å². The number of carbonyl (C=O) groups is 2. The van der Waals surface area contributed by atoms with Gasteiger partial charge in [0, 0.05) is 45.8 Å². The molecule has 0 fully saturated rings. The number of hydrogen-bond acceptors (Lipinski definition) is 8. The molecule has 0 spiro atoms. The van der Waals surface area contributed by atoms with Crippen LogP contribution in [0.2, 0.25) is 5.02 Å². The Labute approximate surface area is 260 Å². The van der Waals surface area contributed by atoms with Gasteiger partial charge in [-0.3, -0.25) is 10.1 Å². The second-order valence-corrected chi connectivity index (χ2v) is 10.8. The molecule has 0 radical (unpaired) electrons. The minimum Gasteiger partial charge on any atom is -0.453 e. The number of anilines is 2. The summed E-state index contributed by atoms with van der Waals surface area (Å²) in [6.07, 6.45) is 1.47. The van der Waals surface area contributed by atoms with Crippen molar-refractivity contribution < 1.29 is 27.5 Å². The van der Waals surface area contributed by atoms with Gasteiger partial charge in [0.15, 0.2) is 0 Å². The zero-order valence-corrected chi connectivity index (χ0v) is 24.7. The predicted molar refractivity (Wildman–Crippen MR) is 161 cm³/mol. The van der Waals surface area contributed by atoms with Crippen LogP contribution in [0, 0.1) is 0 Å². The van der Waals surface area contributed by atoms with Gasteiger partial charge in [0.25, 0.3) is 0 Å². The normalized spacial score (nSPS) is 17.0. The standard InChI is InChI=1S/C29H29ClF3N9O3/c1-45-28(44)37-19-8-9-21-23(13-19)36-20(14-29(31,32)33)4-2-3-5-22(27-34-15-24(21)39-27)38-26(43)11-6-17-12-18(30)7-10-25(17)42-16-35-40-41-42/h6-13,15-16,20,22,36H,2-5,14H2,1H3,(H,34,39)(H,37,44)(H,38,43)/b11-6+/t20?,22-/m0/s1. The smallest absolute Gasteiger partial charge is 0.411 e. The number of imidazole rings is 1. The Hall–Kier alpha value is -4.92. The van der Waals surface area contributed by atoms with E-state index in [1.807, 2.05) is 0 Å². The van der Waals surface area contributed by atoms with E-state index in [0.29, 0.717) is 64.0 Å². The lowest BCUT2D eigenvalue weighted by molar-refractivity contribution is -0.137. The summed E-state index contributed by atoms with van der Waals surface area (Å²) in [4.78, 5) is 32.7. The van der Waals surface area contributed by atoms with Gasteiger partial charge in [0.1, 0.15) is 12.2 Å². The minimum atomic E-state index is -4.40. The number of tetrazole rings is 1. The number of ether oxygens (including phenoxy) is 1. The number of carbonyl (C=O) groups excluding carboxylic acids is 2.